The molecule has 3 aromatic heterocycles. The number of nitrogens with one attached hydrogen (secondary N) is 1. The van der Waals surface area contributed by atoms with E-state index in [9.17, 15) is 4.79 Å². The Bertz CT molecular complexity index is 1040. The third-order valence-corrected chi connectivity index (χ3v) is 4.51. The Morgan fingerprint density at radius 3 is 2.44 bits per heavy atom. The van der Waals surface area contributed by atoms with Crippen molar-refractivity contribution in [3.8, 4) is 17.4 Å². The highest BCUT2D eigenvalue weighted by molar-refractivity contribution is 7.08. The van der Waals surface area contributed by atoms with Crippen LogP contribution in [0.1, 0.15) is 15.4 Å². The van der Waals surface area contributed by atoms with Crippen molar-refractivity contribution in [2.45, 2.75) is 6.92 Å². The minimum atomic E-state index is -0.234. The molecule has 0 aliphatic carbocycles. The molecule has 134 valence electrons. The number of carbonyl (C=O) groups excluding carboxylic acids is 1. The molecule has 9 heteroatoms. The number of nitrogens with zero attached hydrogens (tertiary/aromatic N) is 5. The fraction of sp³-hybridized carbons (Fsp3) is 0.0556. The standard InChI is InChI=1S/C18H14N6O2S/c1-12-17(27-23-20-12)18(25)19-13-4-6-14(7-5-13)26-16-9-8-15(21-22-16)24-10-2-3-11-24/h2-11H,1H3,(H,19,25). The zero-order valence-electron chi connectivity index (χ0n) is 14.2. The van der Waals surface area contributed by atoms with Crippen LogP contribution in [0.15, 0.2) is 60.9 Å². The molecule has 0 aliphatic heterocycles. The van der Waals surface area contributed by atoms with Crippen molar-refractivity contribution in [1.29, 1.82) is 0 Å². The van der Waals surface area contributed by atoms with Crippen LogP contribution < -0.4 is 10.1 Å². The molecule has 0 bridgehead atoms. The zero-order valence-corrected chi connectivity index (χ0v) is 15.1. The third-order valence-electron chi connectivity index (χ3n) is 3.69. The van der Waals surface area contributed by atoms with Gasteiger partial charge < -0.3 is 14.6 Å². The minimum absolute atomic E-state index is 0.234. The van der Waals surface area contributed by atoms with E-state index in [-0.39, 0.29) is 5.91 Å². The Balaban J connectivity index is 1.40. The maximum Gasteiger partial charge on any atom is 0.269 e. The zero-order chi connectivity index (χ0) is 18.6. The summed E-state index contributed by atoms with van der Waals surface area (Å²) in [6.45, 7) is 1.75. The number of rotatable bonds is 5. The lowest BCUT2D eigenvalue weighted by atomic mass is 10.3. The van der Waals surface area contributed by atoms with Crippen LogP contribution in [0.2, 0.25) is 0 Å². The Labute approximate surface area is 158 Å². The number of benzene rings is 1. The number of amides is 1. The van der Waals surface area contributed by atoms with Gasteiger partial charge in [0.2, 0.25) is 5.88 Å². The van der Waals surface area contributed by atoms with E-state index in [0.717, 1.165) is 11.5 Å². The summed E-state index contributed by atoms with van der Waals surface area (Å²) in [5.41, 5.74) is 1.26. The fourth-order valence-electron chi connectivity index (χ4n) is 2.35. The van der Waals surface area contributed by atoms with Gasteiger partial charge in [0.05, 0.1) is 5.69 Å². The Hall–Kier alpha value is -3.59. The molecule has 0 saturated carbocycles. The predicted octanol–water partition coefficient (Wildman–Crippen LogP) is 3.47. The highest BCUT2D eigenvalue weighted by atomic mass is 32.1. The highest BCUT2D eigenvalue weighted by Gasteiger charge is 2.13. The molecule has 1 aromatic carbocycles. The molecule has 1 amide bonds. The first-order valence-corrected chi connectivity index (χ1v) is 8.82. The van der Waals surface area contributed by atoms with Crippen molar-refractivity contribution in [1.82, 2.24) is 24.4 Å². The van der Waals surface area contributed by atoms with Crippen molar-refractivity contribution in [2.75, 3.05) is 5.32 Å². The lowest BCUT2D eigenvalue weighted by molar-refractivity contribution is 0.103. The van der Waals surface area contributed by atoms with Crippen LogP contribution in [0.3, 0.4) is 0 Å². The SMILES string of the molecule is Cc1nnsc1C(=O)Nc1ccc(Oc2ccc(-n3cccc3)nn2)cc1. The van der Waals surface area contributed by atoms with Crippen LogP contribution in [0.25, 0.3) is 5.82 Å². The van der Waals surface area contributed by atoms with Gasteiger partial charge >= 0.3 is 0 Å². The van der Waals surface area contributed by atoms with Gasteiger partial charge in [-0.1, -0.05) is 4.49 Å². The molecular weight excluding hydrogens is 364 g/mol. The highest BCUT2D eigenvalue weighted by Crippen LogP contribution is 2.22. The monoisotopic (exact) mass is 378 g/mol. The lowest BCUT2D eigenvalue weighted by Crippen LogP contribution is -2.11. The molecule has 0 fully saturated rings. The number of hydrogen-bond donors (Lipinski definition) is 1. The van der Waals surface area contributed by atoms with Crippen LogP contribution in [0.5, 0.6) is 11.6 Å². The number of ether oxygens (including phenoxy) is 1. The van der Waals surface area contributed by atoms with Crippen molar-refractivity contribution < 1.29 is 9.53 Å². The van der Waals surface area contributed by atoms with Crippen LogP contribution in [0, 0.1) is 6.92 Å². The number of anilines is 1. The second-order valence-electron chi connectivity index (χ2n) is 5.59. The molecule has 8 nitrogen and oxygen atoms in total. The van der Waals surface area contributed by atoms with Crippen molar-refractivity contribution in [2.24, 2.45) is 0 Å². The molecule has 4 aromatic rings. The smallest absolute Gasteiger partial charge is 0.269 e. The number of aromatic nitrogens is 5. The first kappa shape index (κ1) is 16.9. The van der Waals surface area contributed by atoms with Gasteiger partial charge in [-0.3, -0.25) is 4.79 Å². The third kappa shape index (κ3) is 3.82. The molecule has 1 N–H and O–H groups in total. The van der Waals surface area contributed by atoms with E-state index in [1.807, 2.05) is 35.2 Å². The molecule has 0 spiro atoms. The number of carbonyl (C=O) groups is 1. The molecule has 27 heavy (non-hydrogen) atoms. The molecular formula is C18H14N6O2S. The van der Waals surface area contributed by atoms with E-state index in [4.69, 9.17) is 4.74 Å². The second kappa shape index (κ2) is 7.34. The van der Waals surface area contributed by atoms with Gasteiger partial charge in [0.15, 0.2) is 5.82 Å². The molecule has 3 heterocycles. The van der Waals surface area contributed by atoms with Gasteiger partial charge in [-0.2, -0.15) is 0 Å². The largest absolute Gasteiger partial charge is 0.438 e. The summed E-state index contributed by atoms with van der Waals surface area (Å²) < 4.78 is 11.3. The maximum atomic E-state index is 12.2. The van der Waals surface area contributed by atoms with Gasteiger partial charge in [0, 0.05) is 24.1 Å². The fourth-order valence-corrected chi connectivity index (χ4v) is 2.90. The van der Waals surface area contributed by atoms with E-state index in [0.29, 0.717) is 33.7 Å². The summed E-state index contributed by atoms with van der Waals surface area (Å²) in [5, 5.41) is 14.8. The molecule has 0 aliphatic rings. The number of aryl methyl sites for hydroxylation is 1. The summed E-state index contributed by atoms with van der Waals surface area (Å²) in [4.78, 5) is 12.7. The van der Waals surface area contributed by atoms with E-state index in [2.05, 4.69) is 25.1 Å². The van der Waals surface area contributed by atoms with E-state index in [1.165, 1.54) is 0 Å². The normalized spacial score (nSPS) is 10.6. The van der Waals surface area contributed by atoms with Crippen molar-refractivity contribution in [3.05, 3.63) is 71.5 Å². The lowest BCUT2D eigenvalue weighted by Gasteiger charge is -2.07. The first-order valence-electron chi connectivity index (χ1n) is 8.04. The van der Waals surface area contributed by atoms with E-state index >= 15 is 0 Å². The van der Waals surface area contributed by atoms with Crippen LogP contribution in [-0.2, 0) is 0 Å². The van der Waals surface area contributed by atoms with Crippen molar-refractivity contribution >= 4 is 23.1 Å². The van der Waals surface area contributed by atoms with Gasteiger partial charge in [-0.15, -0.1) is 15.3 Å². The van der Waals surface area contributed by atoms with Gasteiger partial charge in [0.25, 0.3) is 5.91 Å². The number of hydrogen-bond acceptors (Lipinski definition) is 7. The Kier molecular flexibility index (Phi) is 4.58. The van der Waals surface area contributed by atoms with Crippen LogP contribution >= 0.6 is 11.5 Å². The minimum Gasteiger partial charge on any atom is -0.438 e. The molecule has 0 saturated heterocycles. The van der Waals surface area contributed by atoms with Crippen LogP contribution in [0.4, 0.5) is 5.69 Å². The van der Waals surface area contributed by atoms with E-state index in [1.54, 1.807) is 37.3 Å². The maximum absolute atomic E-state index is 12.2. The first-order chi connectivity index (χ1) is 13.2. The molecule has 4 rings (SSSR count). The van der Waals surface area contributed by atoms with Crippen LogP contribution in [-0.4, -0.2) is 30.3 Å². The second-order valence-corrected chi connectivity index (χ2v) is 6.34. The molecule has 0 atom stereocenters. The van der Waals surface area contributed by atoms with E-state index < -0.39 is 0 Å². The molecule has 0 unspecified atom stereocenters. The topological polar surface area (TPSA) is 94.8 Å². The van der Waals surface area contributed by atoms with Gasteiger partial charge in [-0.25, -0.2) is 0 Å². The Morgan fingerprint density at radius 2 is 1.81 bits per heavy atom. The summed E-state index contributed by atoms with van der Waals surface area (Å²) in [5.74, 6) is 1.45. The quantitative estimate of drug-likeness (QED) is 0.571. The molecule has 0 radical (unpaired) electrons. The summed E-state index contributed by atoms with van der Waals surface area (Å²) >= 11 is 1.07. The average Bonchev–Trinajstić information content (AvgIpc) is 3.36. The Morgan fingerprint density at radius 1 is 1.04 bits per heavy atom. The van der Waals surface area contributed by atoms with Crippen molar-refractivity contribution in [3.63, 3.8) is 0 Å². The van der Waals surface area contributed by atoms with Gasteiger partial charge in [-0.05, 0) is 60.9 Å². The predicted molar refractivity (Wildman–Crippen MR) is 100 cm³/mol. The average molecular weight is 378 g/mol. The van der Waals surface area contributed by atoms with Gasteiger partial charge in [0.1, 0.15) is 10.6 Å². The summed E-state index contributed by atoms with van der Waals surface area (Å²) in [6, 6.07) is 14.4. The summed E-state index contributed by atoms with van der Waals surface area (Å²) in [7, 11) is 0. The summed E-state index contributed by atoms with van der Waals surface area (Å²) in [6.07, 6.45) is 3.78.